The van der Waals surface area contributed by atoms with Crippen molar-refractivity contribution in [2.75, 3.05) is 0 Å². The van der Waals surface area contributed by atoms with Crippen LogP contribution in [-0.4, -0.2) is 12.0 Å². The van der Waals surface area contributed by atoms with Crippen molar-refractivity contribution in [3.05, 3.63) is 34.9 Å². The smallest absolute Gasteiger partial charge is 0.130 e. The van der Waals surface area contributed by atoms with E-state index in [9.17, 15) is 9.18 Å². The standard InChI is InChI=1S/C11H12ClFO/c1-11(2,13)10(7-14)8-4-3-5-9(12)6-8/h3-7,10H,1-2H3. The lowest BCUT2D eigenvalue weighted by molar-refractivity contribution is -0.111. The molecular formula is C11H12ClFO. The van der Waals surface area contributed by atoms with Crippen molar-refractivity contribution in [3.8, 4) is 0 Å². The molecule has 1 nitrogen and oxygen atoms in total. The van der Waals surface area contributed by atoms with Crippen molar-refractivity contribution < 1.29 is 9.18 Å². The van der Waals surface area contributed by atoms with Gasteiger partial charge in [0.25, 0.3) is 0 Å². The predicted octanol–water partition coefficient (Wildman–Crippen LogP) is 3.37. The van der Waals surface area contributed by atoms with Crippen molar-refractivity contribution in [2.24, 2.45) is 0 Å². The minimum absolute atomic E-state index is 0.513. The second-order valence-electron chi connectivity index (χ2n) is 3.73. The zero-order valence-corrected chi connectivity index (χ0v) is 8.88. The summed E-state index contributed by atoms with van der Waals surface area (Å²) in [7, 11) is 0. The van der Waals surface area contributed by atoms with E-state index in [1.54, 1.807) is 24.3 Å². The molecule has 1 unspecified atom stereocenters. The van der Waals surface area contributed by atoms with Crippen molar-refractivity contribution in [2.45, 2.75) is 25.4 Å². The summed E-state index contributed by atoms with van der Waals surface area (Å²) in [5.41, 5.74) is -0.952. The molecular weight excluding hydrogens is 203 g/mol. The van der Waals surface area contributed by atoms with Crippen molar-refractivity contribution in [1.82, 2.24) is 0 Å². The highest BCUT2D eigenvalue weighted by Gasteiger charge is 2.30. The highest BCUT2D eigenvalue weighted by Crippen LogP contribution is 2.30. The van der Waals surface area contributed by atoms with E-state index in [2.05, 4.69) is 0 Å². The minimum atomic E-state index is -1.56. The molecule has 0 saturated heterocycles. The fourth-order valence-electron chi connectivity index (χ4n) is 1.34. The second kappa shape index (κ2) is 4.09. The summed E-state index contributed by atoms with van der Waals surface area (Å²) in [4.78, 5) is 10.8. The lowest BCUT2D eigenvalue weighted by atomic mass is 9.87. The van der Waals surface area contributed by atoms with Crippen LogP contribution in [-0.2, 0) is 4.79 Å². The molecule has 14 heavy (non-hydrogen) atoms. The Morgan fingerprint density at radius 1 is 1.50 bits per heavy atom. The van der Waals surface area contributed by atoms with Gasteiger partial charge >= 0.3 is 0 Å². The number of aldehydes is 1. The number of hydrogen-bond donors (Lipinski definition) is 0. The molecule has 0 heterocycles. The number of rotatable bonds is 3. The first-order valence-electron chi connectivity index (χ1n) is 4.35. The van der Waals surface area contributed by atoms with E-state index in [-0.39, 0.29) is 0 Å². The van der Waals surface area contributed by atoms with Crippen LogP contribution in [0.1, 0.15) is 25.3 Å². The average Bonchev–Trinajstić information content (AvgIpc) is 2.02. The summed E-state index contributed by atoms with van der Waals surface area (Å²) >= 11 is 5.76. The Morgan fingerprint density at radius 3 is 2.57 bits per heavy atom. The van der Waals surface area contributed by atoms with Crippen LogP contribution in [0, 0.1) is 0 Å². The molecule has 1 aromatic carbocycles. The summed E-state index contributed by atoms with van der Waals surface area (Å²) in [6, 6.07) is 6.71. The topological polar surface area (TPSA) is 17.1 Å². The Hall–Kier alpha value is -0.890. The van der Waals surface area contributed by atoms with Crippen molar-refractivity contribution in [3.63, 3.8) is 0 Å². The van der Waals surface area contributed by atoms with Crippen molar-refractivity contribution in [1.29, 1.82) is 0 Å². The normalized spacial score (nSPS) is 13.7. The molecule has 0 aliphatic carbocycles. The Balaban J connectivity index is 3.07. The summed E-state index contributed by atoms with van der Waals surface area (Å²) in [5.74, 6) is -0.763. The van der Waals surface area contributed by atoms with Gasteiger partial charge in [0.05, 0.1) is 5.92 Å². The number of carbonyl (C=O) groups excluding carboxylic acids is 1. The molecule has 76 valence electrons. The highest BCUT2D eigenvalue weighted by atomic mass is 35.5. The van der Waals surface area contributed by atoms with Gasteiger partial charge in [0, 0.05) is 5.02 Å². The van der Waals surface area contributed by atoms with E-state index in [1.807, 2.05) is 0 Å². The molecule has 0 fully saturated rings. The van der Waals surface area contributed by atoms with E-state index in [0.29, 0.717) is 16.9 Å². The predicted molar refractivity (Wildman–Crippen MR) is 55.4 cm³/mol. The van der Waals surface area contributed by atoms with Gasteiger partial charge in [-0.1, -0.05) is 23.7 Å². The largest absolute Gasteiger partial charge is 0.303 e. The number of carbonyl (C=O) groups is 1. The fourth-order valence-corrected chi connectivity index (χ4v) is 1.54. The van der Waals surface area contributed by atoms with Gasteiger partial charge in [0.15, 0.2) is 0 Å². The molecule has 1 atom stereocenters. The van der Waals surface area contributed by atoms with E-state index >= 15 is 0 Å². The van der Waals surface area contributed by atoms with Crippen LogP contribution >= 0.6 is 11.6 Å². The van der Waals surface area contributed by atoms with Crippen LogP contribution in [0.3, 0.4) is 0 Å². The third-order valence-corrected chi connectivity index (χ3v) is 2.32. The van der Waals surface area contributed by atoms with Gasteiger partial charge in [-0.3, -0.25) is 0 Å². The van der Waals surface area contributed by atoms with Crippen LogP contribution in [0.4, 0.5) is 4.39 Å². The quantitative estimate of drug-likeness (QED) is 0.705. The first-order valence-corrected chi connectivity index (χ1v) is 4.72. The molecule has 3 heteroatoms. The second-order valence-corrected chi connectivity index (χ2v) is 4.17. The van der Waals surface area contributed by atoms with E-state index in [4.69, 9.17) is 11.6 Å². The van der Waals surface area contributed by atoms with Gasteiger partial charge in [-0.15, -0.1) is 0 Å². The van der Waals surface area contributed by atoms with Gasteiger partial charge in [0.2, 0.25) is 0 Å². The molecule has 0 aromatic heterocycles. The zero-order valence-electron chi connectivity index (χ0n) is 8.13. The summed E-state index contributed by atoms with van der Waals surface area (Å²) in [6.07, 6.45) is 0.617. The fraction of sp³-hybridized carbons (Fsp3) is 0.364. The minimum Gasteiger partial charge on any atom is -0.303 e. The first kappa shape index (κ1) is 11.2. The highest BCUT2D eigenvalue weighted by molar-refractivity contribution is 6.30. The van der Waals surface area contributed by atoms with E-state index < -0.39 is 11.6 Å². The molecule has 0 amide bonds. The van der Waals surface area contributed by atoms with Crippen LogP contribution in [0.25, 0.3) is 0 Å². The van der Waals surface area contributed by atoms with Crippen LogP contribution in [0.15, 0.2) is 24.3 Å². The Bertz CT molecular complexity index is 330. The molecule has 0 aliphatic rings. The summed E-state index contributed by atoms with van der Waals surface area (Å²) in [5, 5.41) is 0.513. The Kier molecular flexibility index (Phi) is 3.27. The number of hydrogen-bond acceptors (Lipinski definition) is 1. The van der Waals surface area contributed by atoms with Gasteiger partial charge in [-0.25, -0.2) is 4.39 Å². The number of benzene rings is 1. The van der Waals surface area contributed by atoms with E-state index in [0.717, 1.165) is 0 Å². The van der Waals surface area contributed by atoms with Gasteiger partial charge in [0.1, 0.15) is 12.0 Å². The van der Waals surface area contributed by atoms with Gasteiger partial charge in [-0.05, 0) is 31.5 Å². The Morgan fingerprint density at radius 2 is 2.14 bits per heavy atom. The third-order valence-electron chi connectivity index (χ3n) is 2.08. The third kappa shape index (κ3) is 2.55. The molecule has 0 bridgehead atoms. The van der Waals surface area contributed by atoms with Crippen LogP contribution < -0.4 is 0 Å². The Labute approximate surface area is 87.9 Å². The molecule has 0 spiro atoms. The molecule has 1 rings (SSSR count). The molecule has 0 radical (unpaired) electrons. The maximum atomic E-state index is 13.6. The SMILES string of the molecule is CC(C)(F)C(C=O)c1cccc(Cl)c1. The maximum absolute atomic E-state index is 13.6. The van der Waals surface area contributed by atoms with E-state index in [1.165, 1.54) is 13.8 Å². The van der Waals surface area contributed by atoms with Gasteiger partial charge < -0.3 is 4.79 Å². The summed E-state index contributed by atoms with van der Waals surface area (Å²) < 4.78 is 13.6. The molecule has 1 aromatic rings. The monoisotopic (exact) mass is 214 g/mol. The summed E-state index contributed by atoms with van der Waals surface area (Å²) in [6.45, 7) is 2.76. The lowest BCUT2D eigenvalue weighted by Gasteiger charge is -2.22. The number of halogens is 2. The molecule has 0 saturated carbocycles. The number of alkyl halides is 1. The van der Waals surface area contributed by atoms with Crippen LogP contribution in [0.2, 0.25) is 5.02 Å². The maximum Gasteiger partial charge on any atom is 0.130 e. The van der Waals surface area contributed by atoms with Gasteiger partial charge in [-0.2, -0.15) is 0 Å². The molecule has 0 aliphatic heterocycles. The molecule has 0 N–H and O–H groups in total. The lowest BCUT2D eigenvalue weighted by Crippen LogP contribution is -2.24. The zero-order chi connectivity index (χ0) is 10.8. The first-order chi connectivity index (χ1) is 6.45. The average molecular weight is 215 g/mol. The van der Waals surface area contributed by atoms with Crippen LogP contribution in [0.5, 0.6) is 0 Å². The van der Waals surface area contributed by atoms with Crippen molar-refractivity contribution >= 4 is 17.9 Å².